The SMILES string of the molecule is CNCCC1CCN(Cc2cc(F)ccc2C)CC1. The second-order valence-corrected chi connectivity index (χ2v) is 5.68. The van der Waals surface area contributed by atoms with Crippen LogP contribution in [0.15, 0.2) is 18.2 Å². The monoisotopic (exact) mass is 264 g/mol. The molecule has 1 aliphatic rings. The summed E-state index contributed by atoms with van der Waals surface area (Å²) < 4.78 is 13.3. The Morgan fingerprint density at radius 2 is 2.05 bits per heavy atom. The maximum atomic E-state index is 13.3. The highest BCUT2D eigenvalue weighted by molar-refractivity contribution is 5.26. The standard InChI is InChI=1S/C16H25FN2/c1-13-3-4-16(17)11-15(13)12-19-9-6-14(7-10-19)5-8-18-2/h3-4,11,14,18H,5-10,12H2,1-2H3. The maximum absolute atomic E-state index is 13.3. The molecule has 3 heteroatoms. The van der Waals surface area contributed by atoms with Gasteiger partial charge in [0.05, 0.1) is 0 Å². The van der Waals surface area contributed by atoms with E-state index in [9.17, 15) is 4.39 Å². The zero-order valence-corrected chi connectivity index (χ0v) is 12.1. The van der Waals surface area contributed by atoms with Gasteiger partial charge in [-0.1, -0.05) is 6.07 Å². The van der Waals surface area contributed by atoms with E-state index in [1.54, 1.807) is 12.1 Å². The summed E-state index contributed by atoms with van der Waals surface area (Å²) in [6, 6.07) is 5.11. The first kappa shape index (κ1) is 14.5. The summed E-state index contributed by atoms with van der Waals surface area (Å²) in [5, 5.41) is 3.22. The van der Waals surface area contributed by atoms with E-state index in [1.807, 2.05) is 13.1 Å². The molecule has 106 valence electrons. The van der Waals surface area contributed by atoms with Crippen LogP contribution in [0.4, 0.5) is 4.39 Å². The third-order valence-electron chi connectivity index (χ3n) is 4.21. The summed E-state index contributed by atoms with van der Waals surface area (Å²) in [6.45, 7) is 6.36. The zero-order valence-electron chi connectivity index (χ0n) is 12.1. The molecule has 2 rings (SSSR count). The van der Waals surface area contributed by atoms with Crippen LogP contribution in [-0.2, 0) is 6.54 Å². The average molecular weight is 264 g/mol. The fraction of sp³-hybridized carbons (Fsp3) is 0.625. The van der Waals surface area contributed by atoms with Crippen molar-refractivity contribution in [2.45, 2.75) is 32.7 Å². The Kier molecular flexibility index (Phi) is 5.34. The van der Waals surface area contributed by atoms with Crippen LogP contribution in [-0.4, -0.2) is 31.6 Å². The lowest BCUT2D eigenvalue weighted by molar-refractivity contribution is 0.172. The number of nitrogens with zero attached hydrogens (tertiary/aromatic N) is 1. The minimum Gasteiger partial charge on any atom is -0.320 e. The average Bonchev–Trinajstić information content (AvgIpc) is 2.42. The lowest BCUT2D eigenvalue weighted by Crippen LogP contribution is -2.34. The largest absolute Gasteiger partial charge is 0.320 e. The molecule has 1 aliphatic heterocycles. The molecule has 1 aromatic rings. The van der Waals surface area contributed by atoms with Gasteiger partial charge in [0, 0.05) is 6.54 Å². The summed E-state index contributed by atoms with van der Waals surface area (Å²) in [5.74, 6) is 0.738. The molecule has 1 heterocycles. The summed E-state index contributed by atoms with van der Waals surface area (Å²) in [4.78, 5) is 2.46. The Morgan fingerprint density at radius 3 is 2.74 bits per heavy atom. The van der Waals surface area contributed by atoms with E-state index < -0.39 is 0 Å². The van der Waals surface area contributed by atoms with Crippen molar-refractivity contribution < 1.29 is 4.39 Å². The molecule has 1 aromatic carbocycles. The van der Waals surface area contributed by atoms with Crippen LogP contribution in [0.25, 0.3) is 0 Å². The first-order valence-corrected chi connectivity index (χ1v) is 7.31. The Labute approximate surface area is 116 Å². The molecule has 2 nitrogen and oxygen atoms in total. The van der Waals surface area contributed by atoms with Gasteiger partial charge in [-0.25, -0.2) is 4.39 Å². The minimum atomic E-state index is -0.121. The molecule has 1 fully saturated rings. The summed E-state index contributed by atoms with van der Waals surface area (Å²) in [7, 11) is 2.02. The van der Waals surface area contributed by atoms with Crippen LogP contribution in [0.3, 0.4) is 0 Å². The molecule has 0 bridgehead atoms. The van der Waals surface area contributed by atoms with Crippen LogP contribution in [0.2, 0.25) is 0 Å². The predicted octanol–water partition coefficient (Wildman–Crippen LogP) is 2.96. The predicted molar refractivity (Wildman–Crippen MR) is 77.7 cm³/mol. The van der Waals surface area contributed by atoms with Gasteiger partial charge in [-0.05, 0) is 82.0 Å². The fourth-order valence-electron chi connectivity index (χ4n) is 2.83. The molecule has 0 aliphatic carbocycles. The lowest BCUT2D eigenvalue weighted by atomic mass is 9.93. The second-order valence-electron chi connectivity index (χ2n) is 5.68. The van der Waals surface area contributed by atoms with Crippen molar-refractivity contribution in [3.63, 3.8) is 0 Å². The number of rotatable bonds is 5. The number of benzene rings is 1. The van der Waals surface area contributed by atoms with Gasteiger partial charge in [0.1, 0.15) is 5.82 Å². The van der Waals surface area contributed by atoms with E-state index >= 15 is 0 Å². The molecule has 0 saturated carbocycles. The molecule has 0 unspecified atom stereocenters. The van der Waals surface area contributed by atoms with Crippen molar-refractivity contribution in [2.24, 2.45) is 5.92 Å². The number of hydrogen-bond acceptors (Lipinski definition) is 2. The van der Waals surface area contributed by atoms with E-state index in [4.69, 9.17) is 0 Å². The van der Waals surface area contributed by atoms with E-state index in [2.05, 4.69) is 17.1 Å². The van der Waals surface area contributed by atoms with Crippen molar-refractivity contribution in [1.82, 2.24) is 10.2 Å². The number of piperidine rings is 1. The van der Waals surface area contributed by atoms with Crippen molar-refractivity contribution in [3.05, 3.63) is 35.1 Å². The molecule has 1 saturated heterocycles. The minimum absolute atomic E-state index is 0.121. The number of nitrogens with one attached hydrogen (secondary N) is 1. The third kappa shape index (κ3) is 4.29. The van der Waals surface area contributed by atoms with Gasteiger partial charge >= 0.3 is 0 Å². The number of aryl methyl sites for hydroxylation is 1. The van der Waals surface area contributed by atoms with Crippen LogP contribution < -0.4 is 5.32 Å². The lowest BCUT2D eigenvalue weighted by Gasteiger charge is -2.32. The summed E-state index contributed by atoms with van der Waals surface area (Å²) in [6.07, 6.45) is 3.83. The third-order valence-corrected chi connectivity index (χ3v) is 4.21. The van der Waals surface area contributed by atoms with Gasteiger partial charge in [-0.2, -0.15) is 0 Å². The molecule has 1 N–H and O–H groups in total. The molecule has 19 heavy (non-hydrogen) atoms. The van der Waals surface area contributed by atoms with Gasteiger partial charge in [0.15, 0.2) is 0 Å². The van der Waals surface area contributed by atoms with Crippen LogP contribution >= 0.6 is 0 Å². The molecular formula is C16H25FN2. The molecular weight excluding hydrogens is 239 g/mol. The molecule has 0 spiro atoms. The number of hydrogen-bond donors (Lipinski definition) is 1. The Balaban J connectivity index is 1.83. The quantitative estimate of drug-likeness (QED) is 0.879. The Bertz CT molecular complexity index is 398. The van der Waals surface area contributed by atoms with Crippen LogP contribution in [0, 0.1) is 18.7 Å². The van der Waals surface area contributed by atoms with Crippen molar-refractivity contribution >= 4 is 0 Å². The number of halogens is 1. The smallest absolute Gasteiger partial charge is 0.123 e. The zero-order chi connectivity index (χ0) is 13.7. The highest BCUT2D eigenvalue weighted by atomic mass is 19.1. The molecule has 0 amide bonds. The summed E-state index contributed by atoms with van der Waals surface area (Å²) in [5.41, 5.74) is 2.33. The van der Waals surface area contributed by atoms with E-state index in [0.29, 0.717) is 0 Å². The first-order chi connectivity index (χ1) is 9.19. The van der Waals surface area contributed by atoms with Gasteiger partial charge in [0.2, 0.25) is 0 Å². The molecule has 0 radical (unpaired) electrons. The van der Waals surface area contributed by atoms with Crippen LogP contribution in [0.1, 0.15) is 30.4 Å². The van der Waals surface area contributed by atoms with E-state index in [1.165, 1.54) is 24.8 Å². The summed E-state index contributed by atoms with van der Waals surface area (Å²) >= 11 is 0. The second kappa shape index (κ2) is 7.01. The first-order valence-electron chi connectivity index (χ1n) is 7.31. The normalized spacial score (nSPS) is 17.8. The highest BCUT2D eigenvalue weighted by Gasteiger charge is 2.19. The van der Waals surface area contributed by atoms with Gasteiger partial charge in [-0.15, -0.1) is 0 Å². The van der Waals surface area contributed by atoms with Crippen LogP contribution in [0.5, 0.6) is 0 Å². The molecule has 0 aromatic heterocycles. The topological polar surface area (TPSA) is 15.3 Å². The van der Waals surface area contributed by atoms with Crippen molar-refractivity contribution in [2.75, 3.05) is 26.7 Å². The maximum Gasteiger partial charge on any atom is 0.123 e. The van der Waals surface area contributed by atoms with Gasteiger partial charge in [0.25, 0.3) is 0 Å². The Morgan fingerprint density at radius 1 is 1.32 bits per heavy atom. The Hall–Kier alpha value is -0.930. The van der Waals surface area contributed by atoms with Crippen molar-refractivity contribution in [3.8, 4) is 0 Å². The van der Waals surface area contributed by atoms with E-state index in [0.717, 1.165) is 37.7 Å². The fourth-order valence-corrected chi connectivity index (χ4v) is 2.83. The van der Waals surface area contributed by atoms with Gasteiger partial charge in [-0.3, -0.25) is 4.90 Å². The molecule has 0 atom stereocenters. The van der Waals surface area contributed by atoms with Crippen molar-refractivity contribution in [1.29, 1.82) is 0 Å². The number of likely N-dealkylation sites (tertiary alicyclic amines) is 1. The van der Waals surface area contributed by atoms with Gasteiger partial charge < -0.3 is 5.32 Å². The highest BCUT2D eigenvalue weighted by Crippen LogP contribution is 2.22. The van der Waals surface area contributed by atoms with E-state index in [-0.39, 0.29) is 5.82 Å².